The number of halogens is 2. The average molecular weight is 460 g/mol. The Morgan fingerprint density at radius 3 is 2.68 bits per heavy atom. The first-order valence-corrected chi connectivity index (χ1v) is 11.4. The normalized spacial score (nSPS) is 15.9. The van der Waals surface area contributed by atoms with E-state index in [0.717, 1.165) is 4.90 Å². The van der Waals surface area contributed by atoms with Gasteiger partial charge in [0.15, 0.2) is 6.54 Å². The van der Waals surface area contributed by atoms with Gasteiger partial charge in [0, 0.05) is 5.02 Å². The summed E-state index contributed by atoms with van der Waals surface area (Å²) in [6.07, 6.45) is 0. The molecule has 148 valence electrons. The lowest BCUT2D eigenvalue weighted by Gasteiger charge is -2.31. The number of rotatable bonds is 5. The fourth-order valence-corrected chi connectivity index (χ4v) is 5.86. The Morgan fingerprint density at radius 1 is 1.29 bits per heavy atom. The van der Waals surface area contributed by atoms with Crippen LogP contribution in [0.4, 0.5) is 5.00 Å². The van der Waals surface area contributed by atoms with Crippen LogP contribution >= 0.6 is 34.5 Å². The second kappa shape index (κ2) is 8.78. The second-order valence-corrected chi connectivity index (χ2v) is 9.90. The molecule has 0 aliphatic carbocycles. The molecule has 2 heterocycles. The highest BCUT2D eigenvalue weighted by Crippen LogP contribution is 2.27. The Bertz CT molecular complexity index is 1030. The van der Waals surface area contributed by atoms with E-state index in [4.69, 9.17) is 28.5 Å². The number of nitrogens with zero attached hydrogens (tertiary/aromatic N) is 2. The number of carbonyl (C=O) groups excluding carboxylic acids is 1. The highest BCUT2D eigenvalue weighted by atomic mass is 35.5. The van der Waals surface area contributed by atoms with Gasteiger partial charge in [-0.05, 0) is 29.6 Å². The molecule has 0 radical (unpaired) electrons. The summed E-state index contributed by atoms with van der Waals surface area (Å²) in [4.78, 5) is 13.2. The number of benzene rings is 1. The number of hydrogen-bond donors (Lipinski definition) is 2. The quantitative estimate of drug-likeness (QED) is 0.707. The number of sulfonamides is 1. The van der Waals surface area contributed by atoms with Crippen LogP contribution in [0.5, 0.6) is 0 Å². The highest BCUT2D eigenvalue weighted by molar-refractivity contribution is 7.89. The predicted octanol–water partition coefficient (Wildman–Crippen LogP) is 1.45. The van der Waals surface area contributed by atoms with Gasteiger partial charge in [0.05, 0.1) is 36.8 Å². The molecule has 1 aliphatic heterocycles. The number of thiophene rings is 1. The summed E-state index contributed by atoms with van der Waals surface area (Å²) in [5.74, 6) is -0.205. The van der Waals surface area contributed by atoms with Crippen molar-refractivity contribution >= 4 is 55.5 Å². The molecule has 0 atom stereocenters. The molecule has 11 heteroatoms. The van der Waals surface area contributed by atoms with Gasteiger partial charge in [0.1, 0.15) is 16.0 Å². The van der Waals surface area contributed by atoms with Gasteiger partial charge in [0.2, 0.25) is 10.0 Å². The third-order valence-electron chi connectivity index (χ3n) is 4.39. The molecule has 1 fully saturated rings. The lowest BCUT2D eigenvalue weighted by atomic mass is 10.3. The molecule has 1 saturated heterocycles. The van der Waals surface area contributed by atoms with Crippen molar-refractivity contribution in [2.24, 2.45) is 0 Å². The summed E-state index contributed by atoms with van der Waals surface area (Å²) in [7, 11) is -3.75. The first-order valence-electron chi connectivity index (χ1n) is 8.37. The zero-order valence-electron chi connectivity index (χ0n) is 14.6. The van der Waals surface area contributed by atoms with Gasteiger partial charge in [0.25, 0.3) is 5.91 Å². The van der Waals surface area contributed by atoms with Gasteiger partial charge in [-0.1, -0.05) is 23.2 Å². The first-order chi connectivity index (χ1) is 13.3. The standard InChI is InChI=1S/C17H16Cl2N4O3S2/c18-13-1-2-14(19)15(9-13)28(25,26)23-6-4-22(5-7-23)11-16(24)21-17-12(10-20)3-8-27-17/h1-3,8-9H,4-7,11H2,(H,21,24)/p+1. The van der Waals surface area contributed by atoms with Crippen molar-refractivity contribution in [2.75, 3.05) is 38.0 Å². The number of amides is 1. The largest absolute Gasteiger partial charge is 0.325 e. The van der Waals surface area contributed by atoms with E-state index >= 15 is 0 Å². The molecule has 1 aliphatic rings. The zero-order valence-corrected chi connectivity index (χ0v) is 17.8. The van der Waals surface area contributed by atoms with Crippen molar-refractivity contribution in [1.82, 2.24) is 4.31 Å². The lowest BCUT2D eigenvalue weighted by Crippen LogP contribution is -3.15. The molecule has 0 unspecified atom stereocenters. The smallest absolute Gasteiger partial charge is 0.280 e. The van der Waals surface area contributed by atoms with Gasteiger partial charge in [-0.3, -0.25) is 4.79 Å². The van der Waals surface area contributed by atoms with Gasteiger partial charge >= 0.3 is 0 Å². The van der Waals surface area contributed by atoms with Crippen LogP contribution < -0.4 is 10.2 Å². The minimum atomic E-state index is -3.75. The summed E-state index contributed by atoms with van der Waals surface area (Å²) in [5.41, 5.74) is 0.433. The summed E-state index contributed by atoms with van der Waals surface area (Å²) in [6.45, 7) is 1.72. The molecule has 2 aromatic rings. The van der Waals surface area contributed by atoms with Crippen LogP contribution in [0.2, 0.25) is 10.0 Å². The van der Waals surface area contributed by atoms with Gasteiger partial charge < -0.3 is 10.2 Å². The second-order valence-electron chi connectivity index (χ2n) is 6.23. The van der Waals surface area contributed by atoms with E-state index in [1.54, 1.807) is 11.4 Å². The first kappa shape index (κ1) is 21.0. The van der Waals surface area contributed by atoms with E-state index in [9.17, 15) is 13.2 Å². The number of hydrogen-bond acceptors (Lipinski definition) is 5. The van der Waals surface area contributed by atoms with E-state index < -0.39 is 10.0 Å². The molecule has 28 heavy (non-hydrogen) atoms. The molecule has 0 saturated carbocycles. The summed E-state index contributed by atoms with van der Waals surface area (Å²) < 4.78 is 27.0. The fraction of sp³-hybridized carbons (Fsp3) is 0.294. The van der Waals surface area contributed by atoms with Crippen molar-refractivity contribution in [3.8, 4) is 6.07 Å². The van der Waals surface area contributed by atoms with Gasteiger partial charge in [-0.2, -0.15) is 9.57 Å². The van der Waals surface area contributed by atoms with E-state index in [0.29, 0.717) is 28.7 Å². The monoisotopic (exact) mass is 459 g/mol. The van der Waals surface area contributed by atoms with Crippen molar-refractivity contribution in [3.63, 3.8) is 0 Å². The molecule has 0 spiro atoms. The van der Waals surface area contributed by atoms with Crippen LogP contribution in [-0.4, -0.2) is 51.4 Å². The molecular formula is C17H17Cl2N4O3S2+. The van der Waals surface area contributed by atoms with E-state index in [2.05, 4.69) is 5.32 Å². The number of nitrogens with one attached hydrogen (secondary N) is 2. The van der Waals surface area contributed by atoms with Crippen molar-refractivity contribution < 1.29 is 18.1 Å². The molecule has 2 N–H and O–H groups in total. The number of anilines is 1. The third kappa shape index (κ3) is 4.66. The molecule has 7 nitrogen and oxygen atoms in total. The Kier molecular flexibility index (Phi) is 6.60. The number of nitriles is 1. The molecule has 0 bridgehead atoms. The lowest BCUT2D eigenvalue weighted by molar-refractivity contribution is -0.895. The Morgan fingerprint density at radius 2 is 2.00 bits per heavy atom. The molecular weight excluding hydrogens is 443 g/mol. The number of carbonyl (C=O) groups is 1. The van der Waals surface area contributed by atoms with Crippen LogP contribution in [0.15, 0.2) is 34.5 Å². The van der Waals surface area contributed by atoms with E-state index in [-0.39, 0.29) is 35.5 Å². The summed E-state index contributed by atoms with van der Waals surface area (Å²) >= 11 is 13.3. The summed E-state index contributed by atoms with van der Waals surface area (Å²) in [6, 6.07) is 8.02. The van der Waals surface area contributed by atoms with E-state index in [1.807, 2.05) is 6.07 Å². The maximum absolute atomic E-state index is 12.8. The van der Waals surface area contributed by atoms with Crippen molar-refractivity contribution in [3.05, 3.63) is 45.3 Å². The minimum Gasteiger partial charge on any atom is -0.325 e. The SMILES string of the molecule is N#Cc1ccsc1NC(=O)C[NH+]1CCN(S(=O)(=O)c2cc(Cl)ccc2Cl)CC1. The van der Waals surface area contributed by atoms with Crippen LogP contribution in [0, 0.1) is 11.3 Å². The topological polar surface area (TPSA) is 94.7 Å². The van der Waals surface area contributed by atoms with Crippen LogP contribution in [0.3, 0.4) is 0 Å². The third-order valence-corrected chi connectivity index (χ3v) is 7.83. The van der Waals surface area contributed by atoms with Crippen LogP contribution in [-0.2, 0) is 14.8 Å². The number of piperazine rings is 1. The van der Waals surface area contributed by atoms with Crippen LogP contribution in [0.1, 0.15) is 5.56 Å². The van der Waals surface area contributed by atoms with Gasteiger partial charge in [-0.25, -0.2) is 8.42 Å². The number of quaternary nitrogens is 1. The van der Waals surface area contributed by atoms with Gasteiger partial charge in [-0.15, -0.1) is 11.3 Å². The predicted molar refractivity (Wildman–Crippen MR) is 108 cm³/mol. The van der Waals surface area contributed by atoms with Crippen LogP contribution in [0.25, 0.3) is 0 Å². The molecule has 1 aromatic carbocycles. The minimum absolute atomic E-state index is 0.00964. The summed E-state index contributed by atoms with van der Waals surface area (Å²) in [5, 5.41) is 14.4. The average Bonchev–Trinajstić information content (AvgIpc) is 3.11. The molecule has 1 aromatic heterocycles. The maximum Gasteiger partial charge on any atom is 0.280 e. The Labute approximate surface area is 177 Å². The van der Waals surface area contributed by atoms with Crippen molar-refractivity contribution in [2.45, 2.75) is 4.90 Å². The highest BCUT2D eigenvalue weighted by Gasteiger charge is 2.32. The van der Waals surface area contributed by atoms with E-state index in [1.165, 1.54) is 33.8 Å². The fourth-order valence-electron chi connectivity index (χ4n) is 2.93. The van der Waals surface area contributed by atoms with Crippen molar-refractivity contribution in [1.29, 1.82) is 5.26 Å². The maximum atomic E-state index is 12.8. The molecule has 3 rings (SSSR count). The Balaban J connectivity index is 1.59. The molecule has 1 amide bonds. The zero-order chi connectivity index (χ0) is 20.3. The Hall–Kier alpha value is -1.67.